The summed E-state index contributed by atoms with van der Waals surface area (Å²) in [5.41, 5.74) is 0.678. The van der Waals surface area contributed by atoms with E-state index in [1.807, 2.05) is 20.8 Å². The monoisotopic (exact) mass is 554 g/mol. The highest BCUT2D eigenvalue weighted by Crippen LogP contribution is 2.28. The van der Waals surface area contributed by atoms with Crippen LogP contribution in [-0.2, 0) is 17.7 Å². The molecule has 3 aromatic rings. The fraction of sp³-hybridized carbons (Fsp3) is 0.500. The Hall–Kier alpha value is -4.09. The summed E-state index contributed by atoms with van der Waals surface area (Å²) in [6.07, 6.45) is 3.74. The summed E-state index contributed by atoms with van der Waals surface area (Å²) in [6.45, 7) is 7.36. The second kappa shape index (κ2) is 12.4. The van der Waals surface area contributed by atoms with Crippen LogP contribution in [0.3, 0.4) is 0 Å². The molecule has 2 heterocycles. The molecule has 0 unspecified atom stereocenters. The lowest BCUT2D eigenvalue weighted by Crippen LogP contribution is -2.41. The van der Waals surface area contributed by atoms with Crippen LogP contribution in [0.1, 0.15) is 74.2 Å². The molecule has 1 aliphatic carbocycles. The van der Waals surface area contributed by atoms with Gasteiger partial charge in [0.25, 0.3) is 5.91 Å². The van der Waals surface area contributed by atoms with E-state index in [4.69, 9.17) is 14.0 Å². The number of aryl methyl sites for hydroxylation is 1. The topological polar surface area (TPSA) is 141 Å². The van der Waals surface area contributed by atoms with Gasteiger partial charge >= 0.3 is 6.09 Å². The molecule has 0 radical (unpaired) electrons. The van der Waals surface area contributed by atoms with Gasteiger partial charge in [-0.25, -0.2) is 19.2 Å². The van der Waals surface area contributed by atoms with Gasteiger partial charge in [0.05, 0.1) is 7.11 Å². The van der Waals surface area contributed by atoms with Crippen molar-refractivity contribution in [2.75, 3.05) is 7.11 Å². The largest absolute Gasteiger partial charge is 0.494 e. The molecule has 0 spiro atoms. The van der Waals surface area contributed by atoms with Crippen LogP contribution in [0.4, 0.5) is 9.18 Å². The van der Waals surface area contributed by atoms with Crippen LogP contribution >= 0.6 is 0 Å². The molecule has 12 heteroatoms. The van der Waals surface area contributed by atoms with Crippen molar-refractivity contribution < 1.29 is 28.0 Å². The fourth-order valence-corrected chi connectivity index (χ4v) is 4.56. The van der Waals surface area contributed by atoms with E-state index in [0.29, 0.717) is 35.3 Å². The van der Waals surface area contributed by atoms with Gasteiger partial charge in [-0.05, 0) is 83.1 Å². The molecule has 1 aromatic carbocycles. The van der Waals surface area contributed by atoms with Crippen LogP contribution in [0.2, 0.25) is 0 Å². The Morgan fingerprint density at radius 3 is 2.55 bits per heavy atom. The van der Waals surface area contributed by atoms with E-state index in [1.54, 1.807) is 13.0 Å². The zero-order valence-electron chi connectivity index (χ0n) is 23.4. The molecule has 1 saturated carbocycles. The normalized spacial score (nSPS) is 17.2. The molecule has 0 saturated heterocycles. The summed E-state index contributed by atoms with van der Waals surface area (Å²) in [4.78, 5) is 38.0. The molecule has 1 aliphatic rings. The minimum Gasteiger partial charge on any atom is -0.494 e. The van der Waals surface area contributed by atoms with E-state index in [1.165, 1.54) is 25.3 Å². The number of aromatic nitrogens is 4. The van der Waals surface area contributed by atoms with E-state index >= 15 is 0 Å². The highest BCUT2D eigenvalue weighted by molar-refractivity contribution is 5.93. The van der Waals surface area contributed by atoms with E-state index in [2.05, 4.69) is 30.7 Å². The van der Waals surface area contributed by atoms with Crippen molar-refractivity contribution in [3.63, 3.8) is 0 Å². The fourth-order valence-electron chi connectivity index (χ4n) is 4.56. The molecular formula is C28H35FN6O5. The first-order valence-corrected chi connectivity index (χ1v) is 13.3. The number of hydrogen-bond acceptors (Lipinski definition) is 9. The van der Waals surface area contributed by atoms with Gasteiger partial charge in [0.2, 0.25) is 11.7 Å². The van der Waals surface area contributed by atoms with E-state index in [0.717, 1.165) is 25.7 Å². The third-order valence-corrected chi connectivity index (χ3v) is 6.47. The van der Waals surface area contributed by atoms with E-state index < -0.39 is 17.3 Å². The Morgan fingerprint density at radius 1 is 1.10 bits per heavy atom. The van der Waals surface area contributed by atoms with Gasteiger partial charge in [-0.2, -0.15) is 4.98 Å². The lowest BCUT2D eigenvalue weighted by molar-refractivity contribution is 0.0486. The smallest absolute Gasteiger partial charge is 0.407 e. The Kier molecular flexibility index (Phi) is 8.96. The summed E-state index contributed by atoms with van der Waals surface area (Å²) in [5.74, 6) is 0.706. The molecule has 214 valence electrons. The lowest BCUT2D eigenvalue weighted by Gasteiger charge is -2.29. The molecule has 11 nitrogen and oxygen atoms in total. The van der Waals surface area contributed by atoms with Crippen molar-refractivity contribution in [2.24, 2.45) is 5.92 Å². The van der Waals surface area contributed by atoms with Crippen molar-refractivity contribution in [3.8, 4) is 17.3 Å². The van der Waals surface area contributed by atoms with Crippen molar-refractivity contribution in [1.82, 2.24) is 30.7 Å². The van der Waals surface area contributed by atoms with Gasteiger partial charge in [-0.15, -0.1) is 0 Å². The van der Waals surface area contributed by atoms with Crippen molar-refractivity contribution in [2.45, 2.75) is 78.0 Å². The zero-order valence-corrected chi connectivity index (χ0v) is 23.4. The van der Waals surface area contributed by atoms with Crippen LogP contribution in [0.25, 0.3) is 11.5 Å². The first kappa shape index (κ1) is 28.9. The van der Waals surface area contributed by atoms with E-state index in [-0.39, 0.29) is 35.9 Å². The maximum atomic E-state index is 13.7. The molecule has 4 rings (SSSR count). The van der Waals surface area contributed by atoms with Gasteiger partial charge in [-0.3, -0.25) is 4.79 Å². The summed E-state index contributed by atoms with van der Waals surface area (Å²) < 4.78 is 29.5. The van der Waals surface area contributed by atoms with Crippen LogP contribution in [0, 0.1) is 18.7 Å². The molecule has 2 amide bonds. The van der Waals surface area contributed by atoms with Crippen LogP contribution in [0.15, 0.2) is 28.8 Å². The van der Waals surface area contributed by atoms with Crippen molar-refractivity contribution in [1.29, 1.82) is 0 Å². The zero-order chi connectivity index (χ0) is 28.9. The molecule has 0 bridgehead atoms. The standard InChI is InChI=1S/C28H35FN6O5/c1-16-31-21(14-22(32-16)26(36)30-15-18-8-11-20(29)23(12-18)38-5)25-34-24(40-35-25)13-17-6-9-19(10-7-17)33-27(37)39-28(2,3)4/h8,11-12,14,17,19H,6-7,9-10,13,15H2,1-5H3,(H,30,36)(H,33,37)/t17-,19-. The van der Waals surface area contributed by atoms with Gasteiger partial charge in [0.1, 0.15) is 22.8 Å². The van der Waals surface area contributed by atoms with Gasteiger partial charge < -0.3 is 24.6 Å². The average Bonchev–Trinajstić information content (AvgIpc) is 3.36. The SMILES string of the molecule is COc1cc(CNC(=O)c2cc(-c3noc(C[C@H]4CC[C@H](NC(=O)OC(C)(C)C)CC4)n3)nc(C)n2)ccc1F. The third-order valence-electron chi connectivity index (χ3n) is 6.47. The number of alkyl carbamates (subject to hydrolysis) is 1. The summed E-state index contributed by atoms with van der Waals surface area (Å²) in [6, 6.07) is 5.98. The van der Waals surface area contributed by atoms with E-state index in [9.17, 15) is 14.0 Å². The molecular weight excluding hydrogens is 519 g/mol. The third kappa shape index (κ3) is 7.96. The number of methoxy groups -OCH3 is 1. The van der Waals surface area contributed by atoms with Crippen LogP contribution < -0.4 is 15.4 Å². The minimum absolute atomic E-state index is 0.0861. The summed E-state index contributed by atoms with van der Waals surface area (Å²) >= 11 is 0. The number of halogens is 1. The number of rotatable bonds is 8. The highest BCUT2D eigenvalue weighted by Gasteiger charge is 2.26. The number of ether oxygens (including phenoxy) is 2. The Balaban J connectivity index is 1.32. The maximum absolute atomic E-state index is 13.7. The number of amides is 2. The molecule has 2 N–H and O–H groups in total. The molecule has 1 fully saturated rings. The second-order valence-corrected chi connectivity index (χ2v) is 10.9. The van der Waals surface area contributed by atoms with Crippen LogP contribution in [-0.4, -0.2) is 50.9 Å². The van der Waals surface area contributed by atoms with Gasteiger partial charge in [0, 0.05) is 19.0 Å². The molecule has 40 heavy (non-hydrogen) atoms. The van der Waals surface area contributed by atoms with Gasteiger partial charge in [0.15, 0.2) is 11.6 Å². The number of carbonyl (C=O) groups excluding carboxylic acids is 2. The molecule has 0 atom stereocenters. The Bertz CT molecular complexity index is 1350. The second-order valence-electron chi connectivity index (χ2n) is 10.9. The number of benzene rings is 1. The van der Waals surface area contributed by atoms with Gasteiger partial charge in [-0.1, -0.05) is 11.2 Å². The first-order chi connectivity index (χ1) is 19.0. The maximum Gasteiger partial charge on any atom is 0.407 e. The molecule has 0 aliphatic heterocycles. The molecule has 2 aromatic heterocycles. The lowest BCUT2D eigenvalue weighted by atomic mass is 9.84. The highest BCUT2D eigenvalue weighted by atomic mass is 19.1. The Labute approximate surface area is 232 Å². The Morgan fingerprint density at radius 2 is 1.85 bits per heavy atom. The van der Waals surface area contributed by atoms with Crippen molar-refractivity contribution >= 4 is 12.0 Å². The summed E-state index contributed by atoms with van der Waals surface area (Å²) in [7, 11) is 1.38. The number of carbonyl (C=O) groups is 2. The average molecular weight is 555 g/mol. The number of nitrogens with zero attached hydrogens (tertiary/aromatic N) is 4. The predicted octanol–water partition coefficient (Wildman–Crippen LogP) is 4.54. The minimum atomic E-state index is -0.525. The number of nitrogens with one attached hydrogen (secondary N) is 2. The summed E-state index contributed by atoms with van der Waals surface area (Å²) in [5, 5.41) is 9.79. The number of hydrogen-bond donors (Lipinski definition) is 2. The van der Waals surface area contributed by atoms with Crippen molar-refractivity contribution in [3.05, 3.63) is 53.1 Å². The predicted molar refractivity (Wildman–Crippen MR) is 143 cm³/mol. The van der Waals surface area contributed by atoms with Crippen LogP contribution in [0.5, 0.6) is 5.75 Å². The first-order valence-electron chi connectivity index (χ1n) is 13.3. The quantitative estimate of drug-likeness (QED) is 0.410.